The van der Waals surface area contributed by atoms with Gasteiger partial charge < -0.3 is 4.74 Å². The number of carbonyl (C=O) groups is 3. The van der Waals surface area contributed by atoms with Crippen molar-refractivity contribution < 1.29 is 19.1 Å². The summed E-state index contributed by atoms with van der Waals surface area (Å²) in [6.07, 6.45) is 4.10. The fourth-order valence-corrected chi connectivity index (χ4v) is 3.42. The molecule has 0 N–H and O–H groups in total. The standard InChI is InChI=1S/C19H24N2O4/c1-13-8-9-16(12-14(13)2)25-11-5-10-20-17(22)18(23)21(19(20)24)15-6-3-4-7-15/h8-9,12,15H,3-7,10-11H2,1-2H3. The Bertz CT molecular complexity index is 695. The van der Waals surface area contributed by atoms with Crippen LogP contribution in [0.3, 0.4) is 0 Å². The van der Waals surface area contributed by atoms with Crippen LogP contribution in [-0.4, -0.2) is 46.8 Å². The normalized spacial score (nSPS) is 18.6. The van der Waals surface area contributed by atoms with E-state index < -0.39 is 17.8 Å². The topological polar surface area (TPSA) is 66.9 Å². The molecule has 4 amide bonds. The van der Waals surface area contributed by atoms with E-state index in [1.54, 1.807) is 0 Å². The number of rotatable bonds is 6. The van der Waals surface area contributed by atoms with E-state index in [-0.39, 0.29) is 12.6 Å². The van der Waals surface area contributed by atoms with E-state index in [9.17, 15) is 14.4 Å². The quantitative estimate of drug-likeness (QED) is 0.452. The van der Waals surface area contributed by atoms with Crippen molar-refractivity contribution in [2.45, 2.75) is 52.0 Å². The number of urea groups is 1. The predicted octanol–water partition coefficient (Wildman–Crippen LogP) is 2.81. The summed E-state index contributed by atoms with van der Waals surface area (Å²) in [7, 11) is 0. The van der Waals surface area contributed by atoms with Crippen LogP contribution in [0.1, 0.15) is 43.2 Å². The number of carbonyl (C=O) groups excluding carboxylic acids is 3. The van der Waals surface area contributed by atoms with Gasteiger partial charge in [0.25, 0.3) is 0 Å². The molecule has 0 atom stereocenters. The third kappa shape index (κ3) is 3.52. The molecule has 1 aliphatic carbocycles. The summed E-state index contributed by atoms with van der Waals surface area (Å²) in [5, 5.41) is 0. The Morgan fingerprint density at radius 2 is 1.76 bits per heavy atom. The van der Waals surface area contributed by atoms with Crippen molar-refractivity contribution in [3.8, 4) is 5.75 Å². The number of amides is 4. The minimum Gasteiger partial charge on any atom is -0.494 e. The van der Waals surface area contributed by atoms with E-state index in [1.165, 1.54) is 10.5 Å². The lowest BCUT2D eigenvalue weighted by molar-refractivity contribution is -0.144. The third-order valence-electron chi connectivity index (χ3n) is 5.05. The Labute approximate surface area is 147 Å². The van der Waals surface area contributed by atoms with Gasteiger partial charge >= 0.3 is 17.8 Å². The average Bonchev–Trinajstić information content (AvgIpc) is 3.17. The Hall–Kier alpha value is -2.37. The molecule has 0 spiro atoms. The molecule has 1 saturated carbocycles. The molecule has 0 aromatic heterocycles. The van der Waals surface area contributed by atoms with E-state index in [0.717, 1.165) is 41.9 Å². The zero-order valence-corrected chi connectivity index (χ0v) is 14.8. The van der Waals surface area contributed by atoms with E-state index in [1.807, 2.05) is 32.0 Å². The summed E-state index contributed by atoms with van der Waals surface area (Å²) in [5.41, 5.74) is 2.35. The van der Waals surface area contributed by atoms with Crippen molar-refractivity contribution in [2.24, 2.45) is 0 Å². The lowest BCUT2D eigenvalue weighted by atomic mass is 10.1. The minimum absolute atomic E-state index is 0.110. The fourth-order valence-electron chi connectivity index (χ4n) is 3.42. The SMILES string of the molecule is Cc1ccc(OCCCN2C(=O)C(=O)N(C3CCCC3)C2=O)cc1C. The van der Waals surface area contributed by atoms with Crippen LogP contribution >= 0.6 is 0 Å². The maximum absolute atomic E-state index is 12.4. The van der Waals surface area contributed by atoms with Gasteiger partial charge in [0, 0.05) is 12.6 Å². The summed E-state index contributed by atoms with van der Waals surface area (Å²) in [6, 6.07) is 5.29. The molecule has 0 bridgehead atoms. The largest absolute Gasteiger partial charge is 0.494 e. The first kappa shape index (κ1) is 17.5. The first-order chi connectivity index (χ1) is 12.0. The van der Waals surface area contributed by atoms with Crippen molar-refractivity contribution in [2.75, 3.05) is 13.2 Å². The molecule has 0 unspecified atom stereocenters. The minimum atomic E-state index is -0.705. The van der Waals surface area contributed by atoms with E-state index in [2.05, 4.69) is 0 Å². The molecule has 25 heavy (non-hydrogen) atoms. The van der Waals surface area contributed by atoms with Crippen molar-refractivity contribution >= 4 is 17.8 Å². The van der Waals surface area contributed by atoms with Gasteiger partial charge in [-0.2, -0.15) is 0 Å². The molecular weight excluding hydrogens is 320 g/mol. The number of nitrogens with zero attached hydrogens (tertiary/aromatic N) is 2. The molecule has 2 fully saturated rings. The number of ether oxygens (including phenoxy) is 1. The van der Waals surface area contributed by atoms with Crippen LogP contribution in [0.5, 0.6) is 5.75 Å². The third-order valence-corrected chi connectivity index (χ3v) is 5.05. The Balaban J connectivity index is 1.52. The summed E-state index contributed by atoms with van der Waals surface area (Å²) >= 11 is 0. The Kier molecular flexibility index (Phi) is 5.06. The average molecular weight is 344 g/mol. The second-order valence-electron chi connectivity index (χ2n) is 6.80. The van der Waals surface area contributed by atoms with Crippen LogP contribution in [0, 0.1) is 13.8 Å². The molecule has 6 heteroatoms. The van der Waals surface area contributed by atoms with Gasteiger partial charge in [0.1, 0.15) is 5.75 Å². The van der Waals surface area contributed by atoms with Gasteiger partial charge in [0.2, 0.25) is 0 Å². The maximum Gasteiger partial charge on any atom is 0.334 e. The fraction of sp³-hybridized carbons (Fsp3) is 0.526. The molecule has 6 nitrogen and oxygen atoms in total. The highest BCUT2D eigenvalue weighted by atomic mass is 16.5. The molecule has 2 aliphatic rings. The van der Waals surface area contributed by atoms with Gasteiger partial charge in [-0.3, -0.25) is 19.4 Å². The van der Waals surface area contributed by atoms with Crippen molar-refractivity contribution in [1.82, 2.24) is 9.80 Å². The number of benzene rings is 1. The molecule has 1 aliphatic heterocycles. The second-order valence-corrected chi connectivity index (χ2v) is 6.80. The summed E-state index contributed by atoms with van der Waals surface area (Å²) < 4.78 is 5.68. The lowest BCUT2D eigenvalue weighted by Crippen LogP contribution is -2.40. The zero-order valence-electron chi connectivity index (χ0n) is 14.8. The molecule has 1 heterocycles. The number of imide groups is 2. The van der Waals surface area contributed by atoms with Crippen LogP contribution < -0.4 is 4.74 Å². The number of hydrogen-bond donors (Lipinski definition) is 0. The summed E-state index contributed by atoms with van der Waals surface area (Å²) in [5.74, 6) is -0.610. The van der Waals surface area contributed by atoms with E-state index in [0.29, 0.717) is 13.0 Å². The van der Waals surface area contributed by atoms with Crippen LogP contribution in [-0.2, 0) is 9.59 Å². The molecule has 1 aromatic rings. The van der Waals surface area contributed by atoms with Crippen molar-refractivity contribution in [1.29, 1.82) is 0 Å². The second kappa shape index (κ2) is 7.25. The monoisotopic (exact) mass is 344 g/mol. The first-order valence-electron chi connectivity index (χ1n) is 8.88. The highest BCUT2D eigenvalue weighted by Crippen LogP contribution is 2.27. The molecule has 0 radical (unpaired) electrons. The van der Waals surface area contributed by atoms with Crippen LogP contribution in [0.2, 0.25) is 0 Å². The highest BCUT2D eigenvalue weighted by molar-refractivity contribution is 6.44. The van der Waals surface area contributed by atoms with Gasteiger partial charge in [-0.05, 0) is 56.4 Å². The molecule has 134 valence electrons. The van der Waals surface area contributed by atoms with Gasteiger partial charge in [-0.15, -0.1) is 0 Å². The van der Waals surface area contributed by atoms with Gasteiger partial charge in [0.05, 0.1) is 6.61 Å². The summed E-state index contributed by atoms with van der Waals surface area (Å²) in [6.45, 7) is 4.65. The maximum atomic E-state index is 12.4. The summed E-state index contributed by atoms with van der Waals surface area (Å²) in [4.78, 5) is 38.9. The highest BCUT2D eigenvalue weighted by Gasteiger charge is 2.47. The van der Waals surface area contributed by atoms with E-state index >= 15 is 0 Å². The van der Waals surface area contributed by atoms with Gasteiger partial charge in [0.15, 0.2) is 0 Å². The molecular formula is C19H24N2O4. The number of hydrogen-bond acceptors (Lipinski definition) is 4. The predicted molar refractivity (Wildman–Crippen MR) is 92.2 cm³/mol. The zero-order chi connectivity index (χ0) is 18.0. The van der Waals surface area contributed by atoms with Gasteiger partial charge in [-0.25, -0.2) is 4.79 Å². The molecule has 1 saturated heterocycles. The van der Waals surface area contributed by atoms with Gasteiger partial charge in [-0.1, -0.05) is 18.9 Å². The molecule has 3 rings (SSSR count). The van der Waals surface area contributed by atoms with Crippen LogP contribution in [0.25, 0.3) is 0 Å². The Morgan fingerprint density at radius 3 is 2.44 bits per heavy atom. The van der Waals surface area contributed by atoms with Crippen molar-refractivity contribution in [3.05, 3.63) is 29.3 Å². The smallest absolute Gasteiger partial charge is 0.334 e. The Morgan fingerprint density at radius 1 is 1.04 bits per heavy atom. The molecule has 1 aromatic carbocycles. The number of aryl methyl sites for hydroxylation is 2. The van der Waals surface area contributed by atoms with Crippen LogP contribution in [0.4, 0.5) is 4.79 Å². The van der Waals surface area contributed by atoms with Crippen LogP contribution in [0.15, 0.2) is 18.2 Å². The lowest BCUT2D eigenvalue weighted by Gasteiger charge is -2.21. The van der Waals surface area contributed by atoms with Crippen molar-refractivity contribution in [3.63, 3.8) is 0 Å². The van der Waals surface area contributed by atoms with E-state index in [4.69, 9.17) is 4.74 Å². The first-order valence-corrected chi connectivity index (χ1v) is 8.88.